The van der Waals surface area contributed by atoms with Crippen molar-refractivity contribution in [1.82, 2.24) is 0 Å². The smallest absolute Gasteiger partial charge is 0.143 e. The molecule has 0 rings (SSSR count). The third-order valence-electron chi connectivity index (χ3n) is 2.29. The molecule has 0 aromatic heterocycles. The average Bonchev–Trinajstić information content (AvgIpc) is 2.16. The highest BCUT2D eigenvalue weighted by Crippen LogP contribution is 2.18. The molecule has 0 aliphatic rings. The largest absolute Gasteiger partial charge is 0.299 e. The molecule has 0 aromatic carbocycles. The topological polar surface area (TPSA) is 34.1 Å². The van der Waals surface area contributed by atoms with E-state index in [2.05, 4.69) is 6.58 Å². The van der Waals surface area contributed by atoms with Gasteiger partial charge in [-0.05, 0) is 5.92 Å². The minimum Gasteiger partial charge on any atom is -0.299 e. The lowest BCUT2D eigenvalue weighted by molar-refractivity contribution is -0.133. The monoisotopic (exact) mass is 182 g/mol. The number of Topliss-reactive ketones (excluding diaryl/α,β-unsaturated/α-hetero) is 2. The number of ketones is 2. The number of hydrogen-bond donors (Lipinski definition) is 0. The van der Waals surface area contributed by atoms with Gasteiger partial charge in [0, 0.05) is 12.8 Å². The predicted octanol–water partition coefficient (Wildman–Crippen LogP) is 2.38. The Morgan fingerprint density at radius 2 is 1.62 bits per heavy atom. The van der Waals surface area contributed by atoms with Crippen molar-refractivity contribution in [3.63, 3.8) is 0 Å². The maximum atomic E-state index is 11.4. The van der Waals surface area contributed by atoms with Crippen molar-refractivity contribution in [3.8, 4) is 0 Å². The van der Waals surface area contributed by atoms with Crippen LogP contribution in [-0.2, 0) is 9.59 Å². The Labute approximate surface area is 80.0 Å². The van der Waals surface area contributed by atoms with E-state index in [0.717, 1.165) is 0 Å². The fourth-order valence-corrected chi connectivity index (χ4v) is 1.34. The highest BCUT2D eigenvalue weighted by molar-refractivity contribution is 6.02. The summed E-state index contributed by atoms with van der Waals surface area (Å²) in [6.45, 7) is 9.04. The van der Waals surface area contributed by atoms with Gasteiger partial charge in [0.15, 0.2) is 0 Å². The molecular formula is C11H18O2. The van der Waals surface area contributed by atoms with Gasteiger partial charge < -0.3 is 0 Å². The molecule has 0 aliphatic heterocycles. The Kier molecular flexibility index (Phi) is 5.28. The van der Waals surface area contributed by atoms with Gasteiger partial charge in [-0.3, -0.25) is 9.59 Å². The second-order valence-electron chi connectivity index (χ2n) is 3.21. The maximum Gasteiger partial charge on any atom is 0.143 e. The molecule has 13 heavy (non-hydrogen) atoms. The molecule has 0 amide bonds. The predicted molar refractivity (Wildman–Crippen MR) is 53.4 cm³/mol. The van der Waals surface area contributed by atoms with Crippen molar-refractivity contribution < 1.29 is 9.59 Å². The summed E-state index contributed by atoms with van der Waals surface area (Å²) in [6.07, 6.45) is 2.52. The van der Waals surface area contributed by atoms with Crippen LogP contribution in [0.3, 0.4) is 0 Å². The van der Waals surface area contributed by atoms with E-state index >= 15 is 0 Å². The van der Waals surface area contributed by atoms with Crippen molar-refractivity contribution in [2.45, 2.75) is 33.6 Å². The summed E-state index contributed by atoms with van der Waals surface area (Å²) >= 11 is 0. The van der Waals surface area contributed by atoms with Gasteiger partial charge >= 0.3 is 0 Å². The molecule has 0 saturated heterocycles. The van der Waals surface area contributed by atoms with Gasteiger partial charge in [-0.2, -0.15) is 0 Å². The van der Waals surface area contributed by atoms with Crippen LogP contribution in [0.5, 0.6) is 0 Å². The van der Waals surface area contributed by atoms with Gasteiger partial charge in [0.05, 0.1) is 5.92 Å². The van der Waals surface area contributed by atoms with E-state index in [4.69, 9.17) is 0 Å². The third kappa shape index (κ3) is 3.13. The zero-order valence-electron chi connectivity index (χ0n) is 8.67. The first-order valence-corrected chi connectivity index (χ1v) is 4.76. The first-order chi connectivity index (χ1) is 6.08. The van der Waals surface area contributed by atoms with E-state index in [1.54, 1.807) is 19.9 Å². The average molecular weight is 182 g/mol. The summed E-state index contributed by atoms with van der Waals surface area (Å²) in [5, 5.41) is 0. The summed E-state index contributed by atoms with van der Waals surface area (Å²) in [6, 6.07) is 0. The molecule has 0 aromatic rings. The molecule has 0 radical (unpaired) electrons. The molecule has 2 heteroatoms. The van der Waals surface area contributed by atoms with Crippen LogP contribution in [0.1, 0.15) is 33.6 Å². The molecule has 74 valence electrons. The van der Waals surface area contributed by atoms with Crippen molar-refractivity contribution in [2.24, 2.45) is 11.8 Å². The first-order valence-electron chi connectivity index (χ1n) is 4.76. The van der Waals surface area contributed by atoms with Crippen LogP contribution in [0.2, 0.25) is 0 Å². The zero-order chi connectivity index (χ0) is 10.4. The van der Waals surface area contributed by atoms with Crippen molar-refractivity contribution >= 4 is 11.6 Å². The lowest BCUT2D eigenvalue weighted by Crippen LogP contribution is -2.28. The Bertz CT molecular complexity index is 190. The molecule has 1 unspecified atom stereocenters. The maximum absolute atomic E-state index is 11.4. The van der Waals surface area contributed by atoms with Gasteiger partial charge in [-0.1, -0.05) is 26.8 Å². The molecule has 1 atom stereocenters. The number of allylic oxidation sites excluding steroid dienone is 1. The number of hydrogen-bond acceptors (Lipinski definition) is 2. The highest BCUT2D eigenvalue weighted by Gasteiger charge is 2.27. The van der Waals surface area contributed by atoms with E-state index in [9.17, 15) is 9.59 Å². The van der Waals surface area contributed by atoms with Crippen LogP contribution in [0.15, 0.2) is 12.7 Å². The van der Waals surface area contributed by atoms with Crippen LogP contribution in [0.4, 0.5) is 0 Å². The van der Waals surface area contributed by atoms with Crippen LogP contribution < -0.4 is 0 Å². The second-order valence-corrected chi connectivity index (χ2v) is 3.21. The molecular weight excluding hydrogens is 164 g/mol. The van der Waals surface area contributed by atoms with Gasteiger partial charge in [0.25, 0.3) is 0 Å². The molecule has 0 bridgehead atoms. The molecule has 0 fully saturated rings. The zero-order valence-corrected chi connectivity index (χ0v) is 8.67. The fourth-order valence-electron chi connectivity index (χ4n) is 1.34. The van der Waals surface area contributed by atoms with Gasteiger partial charge in [-0.25, -0.2) is 0 Å². The van der Waals surface area contributed by atoms with Gasteiger partial charge in [0.2, 0.25) is 0 Å². The Balaban J connectivity index is 4.63. The molecule has 0 saturated carbocycles. The number of carbonyl (C=O) groups is 2. The standard InChI is InChI=1S/C11H18O2/c1-5-8(4)11(9(12)6-2)10(13)7-3/h5,8,11H,1,6-7H2,2-4H3. The van der Waals surface area contributed by atoms with E-state index < -0.39 is 5.92 Å². The molecule has 0 spiro atoms. The van der Waals surface area contributed by atoms with Crippen LogP contribution in [-0.4, -0.2) is 11.6 Å². The first kappa shape index (κ1) is 12.1. The van der Waals surface area contributed by atoms with Crippen molar-refractivity contribution in [1.29, 1.82) is 0 Å². The van der Waals surface area contributed by atoms with Crippen molar-refractivity contribution in [3.05, 3.63) is 12.7 Å². The summed E-state index contributed by atoms with van der Waals surface area (Å²) in [5.74, 6) is -0.453. The van der Waals surface area contributed by atoms with Gasteiger partial charge in [-0.15, -0.1) is 6.58 Å². The lowest BCUT2D eigenvalue weighted by atomic mass is 9.84. The van der Waals surface area contributed by atoms with E-state index in [-0.39, 0.29) is 17.5 Å². The Hall–Kier alpha value is -0.920. The lowest BCUT2D eigenvalue weighted by Gasteiger charge is -2.17. The Morgan fingerprint density at radius 1 is 1.23 bits per heavy atom. The second kappa shape index (κ2) is 5.68. The minimum absolute atomic E-state index is 0.0271. The van der Waals surface area contributed by atoms with Gasteiger partial charge in [0.1, 0.15) is 11.6 Å². The van der Waals surface area contributed by atoms with E-state index in [1.165, 1.54) is 0 Å². The molecule has 0 aliphatic carbocycles. The molecule has 0 heterocycles. The van der Waals surface area contributed by atoms with E-state index in [0.29, 0.717) is 12.8 Å². The third-order valence-corrected chi connectivity index (χ3v) is 2.29. The quantitative estimate of drug-likeness (QED) is 0.467. The number of carbonyl (C=O) groups excluding carboxylic acids is 2. The fraction of sp³-hybridized carbons (Fsp3) is 0.636. The Morgan fingerprint density at radius 3 is 1.85 bits per heavy atom. The summed E-state index contributed by atoms with van der Waals surface area (Å²) in [7, 11) is 0. The summed E-state index contributed by atoms with van der Waals surface area (Å²) < 4.78 is 0. The van der Waals surface area contributed by atoms with Crippen molar-refractivity contribution in [2.75, 3.05) is 0 Å². The van der Waals surface area contributed by atoms with Crippen LogP contribution in [0, 0.1) is 11.8 Å². The van der Waals surface area contributed by atoms with Crippen LogP contribution in [0.25, 0.3) is 0 Å². The highest BCUT2D eigenvalue weighted by atomic mass is 16.1. The normalized spacial score (nSPS) is 12.6. The summed E-state index contributed by atoms with van der Waals surface area (Å²) in [5.41, 5.74) is 0. The minimum atomic E-state index is -0.465. The number of rotatable bonds is 6. The molecule has 0 N–H and O–H groups in total. The SMILES string of the molecule is C=CC(C)C(C(=O)CC)C(=O)CC. The van der Waals surface area contributed by atoms with E-state index in [1.807, 2.05) is 6.92 Å². The van der Waals surface area contributed by atoms with Crippen LogP contribution >= 0.6 is 0 Å². The summed E-state index contributed by atoms with van der Waals surface area (Å²) in [4.78, 5) is 22.9. The molecule has 2 nitrogen and oxygen atoms in total.